The lowest BCUT2D eigenvalue weighted by molar-refractivity contribution is 0.0951. The Bertz CT molecular complexity index is 611. The monoisotopic (exact) mass is 366 g/mol. The molecule has 0 spiro atoms. The predicted octanol–water partition coefficient (Wildman–Crippen LogP) is 3.11. The fourth-order valence-corrected chi connectivity index (χ4v) is 2.35. The third-order valence-electron chi connectivity index (χ3n) is 3.01. The van der Waals surface area contributed by atoms with E-state index in [9.17, 15) is 4.79 Å². The van der Waals surface area contributed by atoms with Gasteiger partial charge in [0, 0.05) is 21.4 Å². The number of hydrogen-bond acceptors (Lipinski definition) is 2. The lowest BCUT2D eigenvalue weighted by atomic mass is 10.1. The van der Waals surface area contributed by atoms with Crippen LogP contribution in [0.1, 0.15) is 21.5 Å². The van der Waals surface area contributed by atoms with Crippen LogP contribution >= 0.6 is 22.6 Å². The minimum atomic E-state index is -0.0691. The normalized spacial score (nSPS) is 10.2. The van der Waals surface area contributed by atoms with E-state index in [1.54, 1.807) is 0 Å². The zero-order valence-corrected chi connectivity index (χ0v) is 12.8. The van der Waals surface area contributed by atoms with Gasteiger partial charge in [0.2, 0.25) is 0 Å². The van der Waals surface area contributed by atoms with Gasteiger partial charge >= 0.3 is 0 Å². The van der Waals surface area contributed by atoms with Gasteiger partial charge in [-0.1, -0.05) is 18.2 Å². The summed E-state index contributed by atoms with van der Waals surface area (Å²) >= 11 is 2.19. The summed E-state index contributed by atoms with van der Waals surface area (Å²) in [6.45, 7) is 2.45. The molecule has 0 aromatic heterocycles. The molecule has 0 aliphatic heterocycles. The standard InChI is InChI=1S/C15H15IN2O/c1-10-12(5-3-7-14(10)17)9-18-15(19)11-4-2-6-13(16)8-11/h2-8H,9,17H2,1H3,(H,18,19). The van der Waals surface area contributed by atoms with Gasteiger partial charge in [0.25, 0.3) is 5.91 Å². The van der Waals surface area contributed by atoms with Gasteiger partial charge < -0.3 is 11.1 Å². The summed E-state index contributed by atoms with van der Waals surface area (Å²) in [6, 6.07) is 13.2. The van der Waals surface area contributed by atoms with E-state index >= 15 is 0 Å². The average molecular weight is 366 g/mol. The van der Waals surface area contributed by atoms with Gasteiger partial charge in [-0.2, -0.15) is 0 Å². The number of nitrogens with two attached hydrogens (primary N) is 1. The first-order valence-corrected chi connectivity index (χ1v) is 7.03. The third kappa shape index (κ3) is 3.47. The molecule has 0 fully saturated rings. The molecule has 0 atom stereocenters. The second-order valence-corrected chi connectivity index (χ2v) is 5.57. The molecule has 1 amide bonds. The number of nitrogen functional groups attached to an aromatic ring is 1. The van der Waals surface area contributed by atoms with E-state index in [2.05, 4.69) is 27.9 Å². The van der Waals surface area contributed by atoms with Crippen LogP contribution in [0.4, 0.5) is 5.69 Å². The Morgan fingerprint density at radius 1 is 1.26 bits per heavy atom. The number of nitrogens with one attached hydrogen (secondary N) is 1. The van der Waals surface area contributed by atoms with Gasteiger partial charge in [-0.3, -0.25) is 4.79 Å². The van der Waals surface area contributed by atoms with Crippen LogP contribution in [0.2, 0.25) is 0 Å². The predicted molar refractivity (Wildman–Crippen MR) is 85.9 cm³/mol. The van der Waals surface area contributed by atoms with Gasteiger partial charge in [-0.15, -0.1) is 0 Å². The Morgan fingerprint density at radius 3 is 2.74 bits per heavy atom. The Labute approximate surface area is 126 Å². The van der Waals surface area contributed by atoms with E-state index in [4.69, 9.17) is 5.73 Å². The molecule has 0 unspecified atom stereocenters. The lowest BCUT2D eigenvalue weighted by Crippen LogP contribution is -2.23. The topological polar surface area (TPSA) is 55.1 Å². The van der Waals surface area contributed by atoms with Crippen molar-refractivity contribution in [2.75, 3.05) is 5.73 Å². The van der Waals surface area contributed by atoms with E-state index < -0.39 is 0 Å². The molecular weight excluding hydrogens is 351 g/mol. The Hall–Kier alpha value is -1.56. The molecule has 3 nitrogen and oxygen atoms in total. The number of carbonyl (C=O) groups excluding carboxylic acids is 1. The SMILES string of the molecule is Cc1c(N)cccc1CNC(=O)c1cccc(I)c1. The molecule has 98 valence electrons. The van der Waals surface area contributed by atoms with Crippen LogP contribution in [0.15, 0.2) is 42.5 Å². The molecule has 3 N–H and O–H groups in total. The molecule has 0 aliphatic rings. The maximum atomic E-state index is 12.0. The molecule has 0 aliphatic carbocycles. The Balaban J connectivity index is 2.07. The van der Waals surface area contributed by atoms with E-state index in [0.717, 1.165) is 20.4 Å². The lowest BCUT2D eigenvalue weighted by Gasteiger charge is -2.10. The van der Waals surface area contributed by atoms with Crippen LogP contribution in [-0.2, 0) is 6.54 Å². The first-order valence-electron chi connectivity index (χ1n) is 5.95. The second-order valence-electron chi connectivity index (χ2n) is 4.32. The van der Waals surface area contributed by atoms with Gasteiger partial charge in [-0.05, 0) is 64.9 Å². The van der Waals surface area contributed by atoms with Gasteiger partial charge in [0.15, 0.2) is 0 Å². The summed E-state index contributed by atoms with van der Waals surface area (Å²) in [5.74, 6) is -0.0691. The van der Waals surface area contributed by atoms with Crippen molar-refractivity contribution >= 4 is 34.2 Å². The van der Waals surface area contributed by atoms with Crippen molar-refractivity contribution in [1.29, 1.82) is 0 Å². The van der Waals surface area contributed by atoms with Crippen molar-refractivity contribution in [2.45, 2.75) is 13.5 Å². The highest BCUT2D eigenvalue weighted by atomic mass is 127. The molecule has 0 heterocycles. The van der Waals surface area contributed by atoms with E-state index in [1.165, 1.54) is 0 Å². The van der Waals surface area contributed by atoms with E-state index in [0.29, 0.717) is 12.1 Å². The van der Waals surface area contributed by atoms with Crippen LogP contribution < -0.4 is 11.1 Å². The largest absolute Gasteiger partial charge is 0.399 e. The maximum Gasteiger partial charge on any atom is 0.251 e. The number of anilines is 1. The average Bonchev–Trinajstić information content (AvgIpc) is 2.40. The summed E-state index contributed by atoms with van der Waals surface area (Å²) in [5.41, 5.74) is 9.33. The number of halogens is 1. The molecule has 0 saturated carbocycles. The zero-order chi connectivity index (χ0) is 13.8. The highest BCUT2D eigenvalue weighted by Gasteiger charge is 2.07. The molecule has 2 aromatic rings. The quantitative estimate of drug-likeness (QED) is 0.648. The maximum absolute atomic E-state index is 12.0. The molecular formula is C15H15IN2O. The Kier molecular flexibility index (Phi) is 4.42. The summed E-state index contributed by atoms with van der Waals surface area (Å²) in [7, 11) is 0. The highest BCUT2D eigenvalue weighted by Crippen LogP contribution is 2.15. The molecule has 19 heavy (non-hydrogen) atoms. The fraction of sp³-hybridized carbons (Fsp3) is 0.133. The minimum Gasteiger partial charge on any atom is -0.399 e. The van der Waals surface area contributed by atoms with Crippen LogP contribution in [0.25, 0.3) is 0 Å². The van der Waals surface area contributed by atoms with Gasteiger partial charge in [0.1, 0.15) is 0 Å². The molecule has 0 bridgehead atoms. The van der Waals surface area contributed by atoms with Crippen molar-refractivity contribution in [2.24, 2.45) is 0 Å². The van der Waals surface area contributed by atoms with Crippen molar-refractivity contribution in [3.05, 3.63) is 62.7 Å². The van der Waals surface area contributed by atoms with Crippen molar-refractivity contribution < 1.29 is 4.79 Å². The first-order chi connectivity index (χ1) is 9.08. The number of benzene rings is 2. The van der Waals surface area contributed by atoms with Crippen LogP contribution in [0, 0.1) is 10.5 Å². The summed E-state index contributed by atoms with van der Waals surface area (Å²) < 4.78 is 1.05. The molecule has 0 radical (unpaired) electrons. The van der Waals surface area contributed by atoms with E-state index in [-0.39, 0.29) is 5.91 Å². The Morgan fingerprint density at radius 2 is 2.00 bits per heavy atom. The molecule has 4 heteroatoms. The summed E-state index contributed by atoms with van der Waals surface area (Å²) in [5, 5.41) is 2.91. The number of carbonyl (C=O) groups is 1. The molecule has 0 saturated heterocycles. The van der Waals surface area contributed by atoms with Crippen LogP contribution in [0.3, 0.4) is 0 Å². The molecule has 2 rings (SSSR count). The van der Waals surface area contributed by atoms with Crippen LogP contribution in [0.5, 0.6) is 0 Å². The summed E-state index contributed by atoms with van der Waals surface area (Å²) in [6.07, 6.45) is 0. The minimum absolute atomic E-state index is 0.0691. The third-order valence-corrected chi connectivity index (χ3v) is 3.69. The number of amides is 1. The summed E-state index contributed by atoms with van der Waals surface area (Å²) in [4.78, 5) is 12.0. The fourth-order valence-electron chi connectivity index (χ4n) is 1.80. The smallest absolute Gasteiger partial charge is 0.251 e. The highest BCUT2D eigenvalue weighted by molar-refractivity contribution is 14.1. The van der Waals surface area contributed by atoms with Crippen molar-refractivity contribution in [3.8, 4) is 0 Å². The van der Waals surface area contributed by atoms with Crippen molar-refractivity contribution in [3.63, 3.8) is 0 Å². The van der Waals surface area contributed by atoms with Crippen LogP contribution in [-0.4, -0.2) is 5.91 Å². The number of hydrogen-bond donors (Lipinski definition) is 2. The second kappa shape index (κ2) is 6.06. The van der Waals surface area contributed by atoms with Gasteiger partial charge in [-0.25, -0.2) is 0 Å². The number of rotatable bonds is 3. The molecule has 2 aromatic carbocycles. The first kappa shape index (κ1) is 13.9. The zero-order valence-electron chi connectivity index (χ0n) is 10.6. The van der Waals surface area contributed by atoms with E-state index in [1.807, 2.05) is 49.4 Å². The van der Waals surface area contributed by atoms with Gasteiger partial charge in [0.05, 0.1) is 0 Å². The van der Waals surface area contributed by atoms with Crippen molar-refractivity contribution in [1.82, 2.24) is 5.32 Å².